The van der Waals surface area contributed by atoms with Gasteiger partial charge in [-0.05, 0) is 42.4 Å². The summed E-state index contributed by atoms with van der Waals surface area (Å²) in [6.45, 7) is 4.28. The smallest absolute Gasteiger partial charge is 0.287 e. The summed E-state index contributed by atoms with van der Waals surface area (Å²) in [7, 11) is 0. The molecular formula is C28H27F2NO2. The van der Waals surface area contributed by atoms with Crippen molar-refractivity contribution in [3.8, 4) is 11.8 Å². The Morgan fingerprint density at radius 2 is 1.15 bits per heavy atom. The molecule has 0 aliphatic rings. The molecule has 170 valence electrons. The highest BCUT2D eigenvalue weighted by molar-refractivity contribution is 6.03. The number of ether oxygens (including phenoxy) is 2. The van der Waals surface area contributed by atoms with Crippen LogP contribution in [0.5, 0.6) is 0 Å². The Bertz CT molecular complexity index is 972. The lowest BCUT2D eigenvalue weighted by Gasteiger charge is -2.32. The zero-order valence-electron chi connectivity index (χ0n) is 18.7. The van der Waals surface area contributed by atoms with Gasteiger partial charge in [-0.2, -0.15) is 0 Å². The first-order valence-electron chi connectivity index (χ1n) is 10.9. The topological polar surface area (TPSA) is 30.8 Å². The lowest BCUT2D eigenvalue weighted by atomic mass is 9.77. The van der Waals surface area contributed by atoms with E-state index < -0.39 is 24.0 Å². The highest BCUT2D eigenvalue weighted by atomic mass is 19.3. The lowest BCUT2D eigenvalue weighted by Crippen LogP contribution is -2.30. The van der Waals surface area contributed by atoms with Crippen LogP contribution in [0.4, 0.5) is 8.78 Å². The average molecular weight is 448 g/mol. The highest BCUT2D eigenvalue weighted by Gasteiger charge is 2.37. The van der Waals surface area contributed by atoms with Crippen molar-refractivity contribution in [2.24, 2.45) is 4.99 Å². The summed E-state index contributed by atoms with van der Waals surface area (Å²) < 4.78 is 39.4. The fourth-order valence-electron chi connectivity index (χ4n) is 3.61. The summed E-state index contributed by atoms with van der Waals surface area (Å²) in [6.07, 6.45) is -3.78. The van der Waals surface area contributed by atoms with Crippen molar-refractivity contribution in [1.82, 2.24) is 0 Å². The fraction of sp³-hybridized carbons (Fsp3) is 0.250. The van der Waals surface area contributed by atoms with Crippen LogP contribution in [0.2, 0.25) is 0 Å². The molecule has 0 fully saturated rings. The molecule has 0 aliphatic carbocycles. The van der Waals surface area contributed by atoms with E-state index >= 15 is 0 Å². The largest absolute Gasteiger partial charge is 0.342 e. The van der Waals surface area contributed by atoms with Crippen molar-refractivity contribution < 1.29 is 18.3 Å². The van der Waals surface area contributed by atoms with Gasteiger partial charge in [-0.1, -0.05) is 91.0 Å². The molecule has 33 heavy (non-hydrogen) atoms. The van der Waals surface area contributed by atoms with E-state index in [2.05, 4.69) is 11.8 Å². The number of alkyl halides is 2. The summed E-state index contributed by atoms with van der Waals surface area (Å²) in [5.41, 5.74) is 0.531. The normalized spacial score (nSPS) is 12.0. The molecule has 3 aromatic carbocycles. The molecule has 0 radical (unpaired) electrons. The maximum atomic E-state index is 14.3. The highest BCUT2D eigenvalue weighted by Crippen LogP contribution is 2.41. The van der Waals surface area contributed by atoms with Gasteiger partial charge in [0.1, 0.15) is 5.54 Å². The van der Waals surface area contributed by atoms with E-state index in [4.69, 9.17) is 14.5 Å². The second-order valence-electron chi connectivity index (χ2n) is 7.12. The second-order valence-corrected chi connectivity index (χ2v) is 7.12. The summed E-state index contributed by atoms with van der Waals surface area (Å²) in [6, 6.07) is 28.3. The number of benzene rings is 3. The van der Waals surface area contributed by atoms with Crippen molar-refractivity contribution in [3.05, 3.63) is 108 Å². The van der Waals surface area contributed by atoms with Gasteiger partial charge in [0.2, 0.25) is 6.29 Å². The molecule has 0 bridgehead atoms. The minimum atomic E-state index is -2.88. The second kappa shape index (κ2) is 12.1. The van der Waals surface area contributed by atoms with E-state index in [0.717, 1.165) is 16.7 Å². The van der Waals surface area contributed by atoms with Crippen LogP contribution in [-0.2, 0) is 15.0 Å². The lowest BCUT2D eigenvalue weighted by molar-refractivity contribution is -0.0969. The Labute approximate surface area is 194 Å². The van der Waals surface area contributed by atoms with Crippen molar-refractivity contribution in [1.29, 1.82) is 0 Å². The zero-order chi connectivity index (χ0) is 23.5. The first-order valence-corrected chi connectivity index (χ1v) is 10.9. The van der Waals surface area contributed by atoms with Crippen molar-refractivity contribution >= 4 is 5.71 Å². The molecule has 5 heteroatoms. The molecule has 0 aromatic heterocycles. The van der Waals surface area contributed by atoms with Gasteiger partial charge in [0.05, 0.1) is 0 Å². The third-order valence-electron chi connectivity index (χ3n) is 5.02. The average Bonchev–Trinajstić information content (AvgIpc) is 2.86. The number of halogens is 2. The van der Waals surface area contributed by atoms with Crippen LogP contribution in [-0.4, -0.2) is 31.6 Å². The van der Waals surface area contributed by atoms with Gasteiger partial charge < -0.3 is 9.47 Å². The van der Waals surface area contributed by atoms with E-state index in [9.17, 15) is 8.78 Å². The molecule has 0 amide bonds. The molecule has 0 atom stereocenters. The number of aliphatic imine (C=N–C) groups is 1. The molecule has 3 rings (SSSR count). The van der Waals surface area contributed by atoms with Gasteiger partial charge in [-0.25, -0.2) is 8.78 Å². The number of nitrogens with zero attached hydrogens (tertiary/aromatic N) is 1. The van der Waals surface area contributed by atoms with Crippen molar-refractivity contribution in [2.45, 2.75) is 32.1 Å². The summed E-state index contributed by atoms with van der Waals surface area (Å²) in [4.78, 5) is 4.69. The monoisotopic (exact) mass is 447 g/mol. The molecule has 0 aliphatic heterocycles. The Hall–Kier alpha value is -3.33. The molecule has 0 N–H and O–H groups in total. The molecule has 3 nitrogen and oxygen atoms in total. The minimum absolute atomic E-state index is 0.350. The van der Waals surface area contributed by atoms with Crippen LogP contribution in [0.15, 0.2) is 96.0 Å². The van der Waals surface area contributed by atoms with Crippen molar-refractivity contribution in [3.63, 3.8) is 0 Å². The quantitative estimate of drug-likeness (QED) is 0.172. The summed E-state index contributed by atoms with van der Waals surface area (Å²) >= 11 is 0. The maximum absolute atomic E-state index is 14.3. The van der Waals surface area contributed by atoms with Gasteiger partial charge in [0, 0.05) is 13.2 Å². The van der Waals surface area contributed by atoms with Gasteiger partial charge in [-0.15, -0.1) is 0 Å². The first-order chi connectivity index (χ1) is 16.1. The minimum Gasteiger partial charge on any atom is -0.342 e. The van der Waals surface area contributed by atoms with Crippen LogP contribution in [0, 0.1) is 11.8 Å². The van der Waals surface area contributed by atoms with Crippen molar-refractivity contribution in [2.75, 3.05) is 13.2 Å². The fourth-order valence-corrected chi connectivity index (χ4v) is 3.61. The molecule has 0 spiro atoms. The Morgan fingerprint density at radius 1 is 0.758 bits per heavy atom. The number of rotatable bonds is 9. The van der Waals surface area contributed by atoms with Gasteiger partial charge >= 0.3 is 0 Å². The number of hydrogen-bond donors (Lipinski definition) is 0. The predicted molar refractivity (Wildman–Crippen MR) is 127 cm³/mol. The summed E-state index contributed by atoms with van der Waals surface area (Å²) in [5.74, 6) is 5.23. The van der Waals surface area contributed by atoms with E-state index in [1.165, 1.54) is 0 Å². The molecule has 0 unspecified atom stereocenters. The SMILES string of the molecule is CCOC(C#C/C(=N\C(c1ccccc1)(c1ccccc1)c1ccccc1)C(F)F)OCC. The van der Waals surface area contributed by atoms with E-state index in [-0.39, 0.29) is 0 Å². The first kappa shape index (κ1) is 24.3. The predicted octanol–water partition coefficient (Wildman–Crippen LogP) is 6.09. The van der Waals surface area contributed by atoms with E-state index in [1.54, 1.807) is 13.8 Å². The summed E-state index contributed by atoms with van der Waals surface area (Å²) in [5, 5.41) is 0. The van der Waals surface area contributed by atoms with E-state index in [1.807, 2.05) is 91.0 Å². The van der Waals surface area contributed by atoms with Crippen LogP contribution < -0.4 is 0 Å². The van der Waals surface area contributed by atoms with Crippen LogP contribution in [0.1, 0.15) is 30.5 Å². The molecule has 3 aromatic rings. The molecule has 0 saturated carbocycles. The molecule has 0 heterocycles. The molecular weight excluding hydrogens is 420 g/mol. The standard InChI is InChI=1S/C28H27F2NO2/c1-3-32-26(33-4-2)21-20-25(27(29)30)31-28(22-14-8-5-9-15-22,23-16-10-6-11-17-23)24-18-12-7-13-19-24/h5-19,26-27H,3-4H2,1-2H3/b31-25+. The van der Waals surface area contributed by atoms with Crippen LogP contribution >= 0.6 is 0 Å². The Balaban J connectivity index is 2.29. The van der Waals surface area contributed by atoms with E-state index in [0.29, 0.717) is 13.2 Å². The number of hydrogen-bond acceptors (Lipinski definition) is 3. The molecule has 0 saturated heterocycles. The maximum Gasteiger partial charge on any atom is 0.287 e. The van der Waals surface area contributed by atoms with Crippen LogP contribution in [0.3, 0.4) is 0 Å². The Morgan fingerprint density at radius 3 is 1.48 bits per heavy atom. The van der Waals surface area contributed by atoms with Gasteiger partial charge in [-0.3, -0.25) is 4.99 Å². The van der Waals surface area contributed by atoms with Gasteiger partial charge in [0.25, 0.3) is 6.43 Å². The Kier molecular flexibility index (Phi) is 8.88. The van der Waals surface area contributed by atoms with Gasteiger partial charge in [0.15, 0.2) is 5.71 Å². The third-order valence-corrected chi connectivity index (χ3v) is 5.02. The zero-order valence-corrected chi connectivity index (χ0v) is 18.7. The third kappa shape index (κ3) is 5.92. The van der Waals surface area contributed by atoms with Crippen LogP contribution in [0.25, 0.3) is 0 Å².